The van der Waals surface area contributed by atoms with Crippen LogP contribution in [0.25, 0.3) is 0 Å². The van der Waals surface area contributed by atoms with E-state index < -0.39 is 9.84 Å². The van der Waals surface area contributed by atoms with Gasteiger partial charge in [0.15, 0.2) is 13.8 Å². The third-order valence-corrected chi connectivity index (χ3v) is 7.38. The van der Waals surface area contributed by atoms with E-state index in [0.717, 1.165) is 17.2 Å². The fourth-order valence-electron chi connectivity index (χ4n) is 2.84. The second-order valence-corrected chi connectivity index (χ2v) is 10.2. The highest BCUT2D eigenvalue weighted by molar-refractivity contribution is 7.91. The van der Waals surface area contributed by atoms with E-state index in [1.165, 1.54) is 16.9 Å². The molecule has 2 heterocycles. The maximum atomic E-state index is 11.6. The van der Waals surface area contributed by atoms with Crippen molar-refractivity contribution in [1.29, 1.82) is 0 Å². The number of hydrogen-bond acceptors (Lipinski definition) is 7. The molecule has 1 fully saturated rings. The minimum Gasteiger partial charge on any atom is -0.330 e. The molecule has 1 aliphatic heterocycles. The van der Waals surface area contributed by atoms with E-state index in [4.69, 9.17) is 12.2 Å². The SMILES string of the molecule is CCc1ccc(Nc2nn(CN(C)[C@@H]3CCS(=O)(=O)C3)c(=S)s2)cc1. The molecule has 0 amide bonds. The average molecular weight is 399 g/mol. The first-order valence-electron chi connectivity index (χ1n) is 8.21. The molecule has 1 aromatic heterocycles. The number of rotatable bonds is 6. The van der Waals surface area contributed by atoms with Crippen molar-refractivity contribution < 1.29 is 8.42 Å². The molecule has 0 aliphatic carbocycles. The average Bonchev–Trinajstić information content (AvgIpc) is 3.10. The number of anilines is 2. The summed E-state index contributed by atoms with van der Waals surface area (Å²) in [5.74, 6) is 0.487. The third-order valence-electron chi connectivity index (χ3n) is 4.41. The van der Waals surface area contributed by atoms with Crippen LogP contribution in [0.5, 0.6) is 0 Å². The van der Waals surface area contributed by atoms with E-state index in [1.807, 2.05) is 24.1 Å². The van der Waals surface area contributed by atoms with Crippen LogP contribution in [0.1, 0.15) is 18.9 Å². The zero-order valence-electron chi connectivity index (χ0n) is 14.3. The smallest absolute Gasteiger partial charge is 0.209 e. The third kappa shape index (κ3) is 4.66. The standard InChI is InChI=1S/C16H22N4O2S3/c1-3-12-4-6-13(7-5-12)17-15-18-20(16(23)24-15)11-19(2)14-8-9-25(21,22)10-14/h4-7,14H,3,8-11H2,1-2H3,(H,17,18)/t14-/m1/s1. The van der Waals surface area contributed by atoms with E-state index in [1.54, 1.807) is 4.68 Å². The summed E-state index contributed by atoms with van der Waals surface area (Å²) in [6.45, 7) is 2.62. The van der Waals surface area contributed by atoms with E-state index in [9.17, 15) is 8.42 Å². The lowest BCUT2D eigenvalue weighted by atomic mass is 10.1. The summed E-state index contributed by atoms with van der Waals surface area (Å²) >= 11 is 6.81. The molecule has 3 rings (SSSR count). The minimum absolute atomic E-state index is 0.0339. The van der Waals surface area contributed by atoms with Crippen molar-refractivity contribution in [2.75, 3.05) is 23.9 Å². The number of aromatic nitrogens is 2. The number of nitrogens with one attached hydrogen (secondary N) is 1. The van der Waals surface area contributed by atoms with Crippen molar-refractivity contribution in [3.05, 3.63) is 33.8 Å². The Kier molecular flexibility index (Phi) is 5.57. The lowest BCUT2D eigenvalue weighted by molar-refractivity contribution is 0.198. The number of nitrogens with zero attached hydrogens (tertiary/aromatic N) is 3. The number of hydrogen-bond donors (Lipinski definition) is 1. The Morgan fingerprint density at radius 2 is 2.12 bits per heavy atom. The lowest BCUT2D eigenvalue weighted by Crippen LogP contribution is -2.34. The molecule has 1 saturated heterocycles. The first-order chi connectivity index (χ1) is 11.9. The molecule has 1 aromatic carbocycles. The van der Waals surface area contributed by atoms with Gasteiger partial charge in [-0.15, -0.1) is 5.10 Å². The Morgan fingerprint density at radius 3 is 2.72 bits per heavy atom. The van der Waals surface area contributed by atoms with E-state index in [2.05, 4.69) is 29.5 Å². The van der Waals surface area contributed by atoms with E-state index in [-0.39, 0.29) is 17.5 Å². The van der Waals surface area contributed by atoms with E-state index in [0.29, 0.717) is 17.0 Å². The van der Waals surface area contributed by atoms with Crippen molar-refractivity contribution in [1.82, 2.24) is 14.7 Å². The Hall–Kier alpha value is -1.29. The number of benzene rings is 1. The van der Waals surface area contributed by atoms with Gasteiger partial charge in [0, 0.05) is 11.7 Å². The summed E-state index contributed by atoms with van der Waals surface area (Å²) in [6, 6.07) is 8.28. The molecule has 1 atom stereocenters. The summed E-state index contributed by atoms with van der Waals surface area (Å²) in [5.41, 5.74) is 2.26. The molecule has 25 heavy (non-hydrogen) atoms. The molecule has 0 saturated carbocycles. The van der Waals surface area contributed by atoms with Crippen LogP contribution in [0.3, 0.4) is 0 Å². The molecule has 6 nitrogen and oxygen atoms in total. The van der Waals surface area contributed by atoms with Gasteiger partial charge >= 0.3 is 0 Å². The molecule has 0 bridgehead atoms. The molecule has 2 aromatic rings. The largest absolute Gasteiger partial charge is 0.330 e. The molecular formula is C16H22N4O2S3. The van der Waals surface area contributed by atoms with Crippen LogP contribution >= 0.6 is 23.6 Å². The van der Waals surface area contributed by atoms with Crippen molar-refractivity contribution in [2.45, 2.75) is 32.5 Å². The Labute approximate surface area is 157 Å². The second-order valence-electron chi connectivity index (χ2n) is 6.30. The quantitative estimate of drug-likeness (QED) is 0.755. The summed E-state index contributed by atoms with van der Waals surface area (Å²) in [4.78, 5) is 2.01. The highest BCUT2D eigenvalue weighted by Crippen LogP contribution is 2.22. The minimum atomic E-state index is -2.89. The topological polar surface area (TPSA) is 67.2 Å². The maximum absolute atomic E-state index is 11.6. The van der Waals surface area contributed by atoms with Crippen molar-refractivity contribution in [3.8, 4) is 0 Å². The molecule has 0 spiro atoms. The molecule has 9 heteroatoms. The summed E-state index contributed by atoms with van der Waals surface area (Å²) < 4.78 is 25.7. The van der Waals surface area contributed by atoms with E-state index >= 15 is 0 Å². The van der Waals surface area contributed by atoms with Gasteiger partial charge in [0.2, 0.25) is 5.13 Å². The zero-order chi connectivity index (χ0) is 18.0. The summed E-state index contributed by atoms with van der Waals surface area (Å²) in [6.07, 6.45) is 1.68. The van der Waals surface area contributed by atoms with Gasteiger partial charge < -0.3 is 5.32 Å². The predicted octanol–water partition coefficient (Wildman–Crippen LogP) is 3.06. The predicted molar refractivity (Wildman–Crippen MR) is 105 cm³/mol. The van der Waals surface area contributed by atoms with Gasteiger partial charge in [-0.25, -0.2) is 13.1 Å². The van der Waals surface area contributed by atoms with Gasteiger partial charge in [-0.3, -0.25) is 4.90 Å². The zero-order valence-corrected chi connectivity index (χ0v) is 16.8. The molecular weight excluding hydrogens is 376 g/mol. The molecule has 0 radical (unpaired) electrons. The van der Waals surface area contributed by atoms with Crippen molar-refractivity contribution in [2.24, 2.45) is 0 Å². The van der Waals surface area contributed by atoms with Crippen molar-refractivity contribution >= 4 is 44.2 Å². The van der Waals surface area contributed by atoms with Crippen LogP contribution in [0.2, 0.25) is 0 Å². The van der Waals surface area contributed by atoms with Crippen LogP contribution < -0.4 is 5.32 Å². The van der Waals surface area contributed by atoms with Gasteiger partial charge in [-0.2, -0.15) is 0 Å². The van der Waals surface area contributed by atoms with Crippen LogP contribution in [-0.4, -0.2) is 47.7 Å². The Bertz CT molecular complexity index is 887. The first kappa shape index (κ1) is 18.5. The second kappa shape index (κ2) is 7.53. The normalized spacial score (nSPS) is 19.4. The van der Waals surface area contributed by atoms with Gasteiger partial charge in [0.1, 0.15) is 0 Å². The lowest BCUT2D eigenvalue weighted by Gasteiger charge is -2.22. The van der Waals surface area contributed by atoms with Gasteiger partial charge in [0.25, 0.3) is 0 Å². The van der Waals surface area contributed by atoms with Crippen LogP contribution in [-0.2, 0) is 22.9 Å². The number of aryl methyl sites for hydroxylation is 1. The van der Waals surface area contributed by atoms with Gasteiger partial charge in [-0.1, -0.05) is 30.4 Å². The first-order valence-corrected chi connectivity index (χ1v) is 11.3. The number of sulfone groups is 1. The maximum Gasteiger partial charge on any atom is 0.209 e. The highest BCUT2D eigenvalue weighted by Gasteiger charge is 2.30. The summed E-state index contributed by atoms with van der Waals surface area (Å²) in [7, 11) is -0.971. The summed E-state index contributed by atoms with van der Waals surface area (Å²) in [5, 5.41) is 8.54. The van der Waals surface area contributed by atoms with Crippen LogP contribution in [0.4, 0.5) is 10.8 Å². The van der Waals surface area contributed by atoms with Gasteiger partial charge in [0.05, 0.1) is 18.2 Å². The molecule has 1 aliphatic rings. The molecule has 136 valence electrons. The fourth-order valence-corrected chi connectivity index (χ4v) is 5.66. The Morgan fingerprint density at radius 1 is 1.40 bits per heavy atom. The van der Waals surface area contributed by atoms with Gasteiger partial charge in [-0.05, 0) is 49.8 Å². The van der Waals surface area contributed by atoms with Crippen molar-refractivity contribution in [3.63, 3.8) is 0 Å². The van der Waals surface area contributed by atoms with Crippen LogP contribution in [0.15, 0.2) is 24.3 Å². The highest BCUT2D eigenvalue weighted by atomic mass is 32.2. The molecule has 1 N–H and O–H groups in total. The Balaban J connectivity index is 1.66. The fraction of sp³-hybridized carbons (Fsp3) is 0.500. The van der Waals surface area contributed by atoms with Crippen LogP contribution in [0, 0.1) is 3.95 Å². The monoisotopic (exact) mass is 398 g/mol. The molecule has 0 unspecified atom stereocenters.